The first-order chi connectivity index (χ1) is 22.7. The highest BCUT2D eigenvalue weighted by Gasteiger charge is 2.20. The molecule has 0 unspecified atom stereocenters. The van der Waals surface area contributed by atoms with Crippen LogP contribution in [-0.4, -0.2) is 15.0 Å². The first kappa shape index (κ1) is 25.7. The summed E-state index contributed by atoms with van der Waals surface area (Å²) >= 11 is 4.16. The van der Waals surface area contributed by atoms with Gasteiger partial charge in [0.1, 0.15) is 0 Å². The highest BCUT2D eigenvalue weighted by atomic mass is 79.9. The third kappa shape index (κ3) is 3.65. The van der Waals surface area contributed by atoms with Crippen LogP contribution in [0.15, 0.2) is 144 Å². The zero-order valence-electron chi connectivity index (χ0n) is 24.7. The van der Waals surface area contributed by atoms with Crippen molar-refractivity contribution in [1.82, 2.24) is 15.0 Å². The number of halogens is 1. The predicted molar refractivity (Wildman–Crippen MR) is 199 cm³/mol. The molecule has 3 N–H and O–H groups in total. The van der Waals surface area contributed by atoms with Crippen LogP contribution in [0.25, 0.3) is 98.8 Å². The Morgan fingerprint density at radius 3 is 1.11 bits per heavy atom. The molecule has 3 nitrogen and oxygen atoms in total. The van der Waals surface area contributed by atoms with Crippen molar-refractivity contribution in [3.8, 4) is 33.4 Å². The summed E-state index contributed by atoms with van der Waals surface area (Å²) in [7, 11) is 0. The molecule has 0 aliphatic rings. The van der Waals surface area contributed by atoms with Gasteiger partial charge in [0, 0.05) is 70.0 Å². The molecular formula is C42H26BrN3. The van der Waals surface area contributed by atoms with Crippen LogP contribution < -0.4 is 0 Å². The molecule has 3 heterocycles. The zero-order chi connectivity index (χ0) is 30.4. The van der Waals surface area contributed by atoms with Crippen molar-refractivity contribution in [2.45, 2.75) is 0 Å². The summed E-state index contributed by atoms with van der Waals surface area (Å²) in [6.07, 6.45) is 0. The minimum absolute atomic E-state index is 1.07. The topological polar surface area (TPSA) is 47.4 Å². The largest absolute Gasteiger partial charge is 0.354 e. The third-order valence-electron chi connectivity index (χ3n) is 9.59. The maximum atomic E-state index is 4.16. The summed E-state index contributed by atoms with van der Waals surface area (Å²) < 4.78 is 1.07. The second-order valence-electron chi connectivity index (χ2n) is 12.1. The van der Waals surface area contributed by atoms with Gasteiger partial charge in [-0.25, -0.2) is 0 Å². The van der Waals surface area contributed by atoms with E-state index in [1.165, 1.54) is 37.9 Å². The van der Waals surface area contributed by atoms with Gasteiger partial charge in [0.05, 0.1) is 16.6 Å². The summed E-state index contributed by atoms with van der Waals surface area (Å²) in [6.45, 7) is 0. The van der Waals surface area contributed by atoms with Crippen molar-refractivity contribution < 1.29 is 0 Å². The molecule has 4 heteroatoms. The fourth-order valence-corrected chi connectivity index (χ4v) is 8.14. The molecule has 7 aromatic carbocycles. The van der Waals surface area contributed by atoms with E-state index in [-0.39, 0.29) is 0 Å². The number of H-pyrrole nitrogens is 3. The van der Waals surface area contributed by atoms with Gasteiger partial charge in [-0.15, -0.1) is 0 Å². The molecule has 10 rings (SSSR count). The molecule has 0 saturated heterocycles. The molecule has 0 aliphatic heterocycles. The van der Waals surface area contributed by atoms with Gasteiger partial charge in [-0.05, 0) is 63.0 Å². The van der Waals surface area contributed by atoms with E-state index in [0.29, 0.717) is 0 Å². The first-order valence-electron chi connectivity index (χ1n) is 15.6. The van der Waals surface area contributed by atoms with Crippen LogP contribution in [-0.2, 0) is 0 Å². The minimum Gasteiger partial charge on any atom is -0.354 e. The minimum atomic E-state index is 1.07. The molecule has 0 atom stereocenters. The highest BCUT2D eigenvalue weighted by Crippen LogP contribution is 2.46. The average molecular weight is 653 g/mol. The smallest absolute Gasteiger partial charge is 0.0544 e. The lowest BCUT2D eigenvalue weighted by atomic mass is 9.91. The van der Waals surface area contributed by atoms with E-state index in [0.717, 1.165) is 65.4 Å². The van der Waals surface area contributed by atoms with Gasteiger partial charge in [0.25, 0.3) is 0 Å². The van der Waals surface area contributed by atoms with Crippen LogP contribution in [0.5, 0.6) is 0 Å². The summed E-state index contributed by atoms with van der Waals surface area (Å²) in [5.74, 6) is 0. The van der Waals surface area contributed by atoms with Crippen LogP contribution in [0.2, 0.25) is 0 Å². The van der Waals surface area contributed by atoms with E-state index >= 15 is 0 Å². The van der Waals surface area contributed by atoms with Gasteiger partial charge in [0.15, 0.2) is 0 Å². The van der Waals surface area contributed by atoms with Crippen LogP contribution in [0, 0.1) is 0 Å². The van der Waals surface area contributed by atoms with Gasteiger partial charge >= 0.3 is 0 Å². The number of nitrogens with one attached hydrogen (secondary N) is 3. The van der Waals surface area contributed by atoms with Gasteiger partial charge in [0.2, 0.25) is 0 Å². The number of aromatic nitrogens is 3. The van der Waals surface area contributed by atoms with Crippen LogP contribution >= 0.6 is 15.9 Å². The normalized spacial score (nSPS) is 12.0. The molecule has 3 aromatic heterocycles. The van der Waals surface area contributed by atoms with E-state index in [4.69, 9.17) is 0 Å². The Labute approximate surface area is 272 Å². The molecule has 0 radical (unpaired) electrons. The molecule has 0 amide bonds. The lowest BCUT2D eigenvalue weighted by Gasteiger charge is -2.16. The van der Waals surface area contributed by atoms with Crippen LogP contribution in [0.3, 0.4) is 0 Å². The van der Waals surface area contributed by atoms with E-state index < -0.39 is 0 Å². The Morgan fingerprint density at radius 2 is 0.674 bits per heavy atom. The molecule has 216 valence electrons. The Bertz CT molecular complexity index is 2690. The fraction of sp³-hybridized carbons (Fsp3) is 0. The summed E-state index contributed by atoms with van der Waals surface area (Å²) in [5.41, 5.74) is 13.8. The van der Waals surface area contributed by atoms with E-state index in [2.05, 4.69) is 170 Å². The zero-order valence-corrected chi connectivity index (χ0v) is 26.2. The summed E-state index contributed by atoms with van der Waals surface area (Å²) in [5, 5.41) is 7.39. The monoisotopic (exact) mass is 651 g/mol. The Morgan fingerprint density at radius 1 is 0.326 bits per heavy atom. The first-order valence-corrected chi connectivity index (χ1v) is 16.4. The van der Waals surface area contributed by atoms with E-state index in [1.54, 1.807) is 0 Å². The lowest BCUT2D eigenvalue weighted by Crippen LogP contribution is -1.91. The maximum absolute atomic E-state index is 4.16. The van der Waals surface area contributed by atoms with E-state index in [9.17, 15) is 0 Å². The standard InChI is InChI=1S/C42H26BrN3/c43-39-34(32-17-8-15-30-27-11-2-5-20-37(27)45-41(30)32)22-24(25-13-7-14-29-26-10-1-4-19-36(26)44-40(25)29)23-35(39)33-18-9-16-31-28-12-3-6-21-38(28)46-42(31)33/h1-23,44-46H. The van der Waals surface area contributed by atoms with Gasteiger partial charge < -0.3 is 15.0 Å². The molecule has 0 aliphatic carbocycles. The number of rotatable bonds is 3. The highest BCUT2D eigenvalue weighted by molar-refractivity contribution is 9.10. The number of hydrogen-bond acceptors (Lipinski definition) is 0. The molecule has 0 fully saturated rings. The van der Waals surface area contributed by atoms with Crippen molar-refractivity contribution in [3.63, 3.8) is 0 Å². The van der Waals surface area contributed by atoms with Crippen LogP contribution in [0.4, 0.5) is 0 Å². The fourth-order valence-electron chi connectivity index (χ4n) is 7.48. The molecule has 0 spiro atoms. The summed E-state index contributed by atoms with van der Waals surface area (Å²) in [6, 6.07) is 50.2. The number of benzene rings is 7. The second kappa shape index (κ2) is 9.71. The van der Waals surface area contributed by atoms with Crippen molar-refractivity contribution in [2.24, 2.45) is 0 Å². The number of fused-ring (bicyclic) bond motifs is 9. The Hall–Kier alpha value is -5.58. The lowest BCUT2D eigenvalue weighted by molar-refractivity contribution is 1.50. The van der Waals surface area contributed by atoms with Gasteiger partial charge in [-0.1, -0.05) is 109 Å². The molecule has 46 heavy (non-hydrogen) atoms. The van der Waals surface area contributed by atoms with Gasteiger partial charge in [-0.2, -0.15) is 0 Å². The molecular weight excluding hydrogens is 626 g/mol. The van der Waals surface area contributed by atoms with E-state index in [1.807, 2.05) is 0 Å². The number of hydrogen-bond donors (Lipinski definition) is 3. The average Bonchev–Trinajstić information content (AvgIpc) is 3.80. The van der Waals surface area contributed by atoms with Crippen molar-refractivity contribution in [3.05, 3.63) is 144 Å². The van der Waals surface area contributed by atoms with Crippen molar-refractivity contribution in [1.29, 1.82) is 0 Å². The molecule has 0 bridgehead atoms. The van der Waals surface area contributed by atoms with Gasteiger partial charge in [-0.3, -0.25) is 0 Å². The second-order valence-corrected chi connectivity index (χ2v) is 12.9. The maximum Gasteiger partial charge on any atom is 0.0544 e. The van der Waals surface area contributed by atoms with Crippen molar-refractivity contribution in [2.75, 3.05) is 0 Å². The van der Waals surface area contributed by atoms with Crippen molar-refractivity contribution >= 4 is 81.3 Å². The third-order valence-corrected chi connectivity index (χ3v) is 10.4. The molecule has 10 aromatic rings. The SMILES string of the molecule is Brc1c(-c2cccc3c2[nH]c2ccccc23)cc(-c2cccc3c2[nH]c2ccccc23)cc1-c1cccc2c1[nH]c1ccccc12. The molecule has 0 saturated carbocycles. The number of aromatic amines is 3. The number of para-hydroxylation sites is 6. The Kier molecular flexibility index (Phi) is 5.43. The predicted octanol–water partition coefficient (Wildman–Crippen LogP) is 12.4. The van der Waals surface area contributed by atoms with Crippen LogP contribution in [0.1, 0.15) is 0 Å². The Balaban J connectivity index is 1.32. The quantitative estimate of drug-likeness (QED) is 0.170. The summed E-state index contributed by atoms with van der Waals surface area (Å²) in [4.78, 5) is 11.3.